The number of aryl methyl sites for hydroxylation is 12. The molecule has 56 heavy (non-hydrogen) atoms. The number of fused-ring (bicyclic) bond motifs is 12. The van der Waals surface area contributed by atoms with Crippen molar-refractivity contribution >= 4 is 0 Å². The topological polar surface area (TPSA) is 0 Å². The zero-order valence-corrected chi connectivity index (χ0v) is 36.9. The van der Waals surface area contributed by atoms with Gasteiger partial charge in [-0.05, 0) is 179 Å². The van der Waals surface area contributed by atoms with Gasteiger partial charge in [0.1, 0.15) is 0 Å². The molecule has 0 aliphatic heterocycles. The minimum Gasteiger partial charge on any atom is -0.0683 e. The van der Waals surface area contributed by atoms with Crippen LogP contribution in [-0.4, -0.2) is 0 Å². The maximum absolute atomic E-state index is 2.50. The molecule has 0 saturated heterocycles. The maximum atomic E-state index is 2.50. The first-order valence-corrected chi connectivity index (χ1v) is 22.1. The molecule has 292 valence electrons. The first kappa shape index (κ1) is 42.5. The summed E-state index contributed by atoms with van der Waals surface area (Å²) in [4.78, 5) is 0. The second-order valence-corrected chi connectivity index (χ2v) is 14.9. The summed E-state index contributed by atoms with van der Waals surface area (Å²) < 4.78 is 0. The summed E-state index contributed by atoms with van der Waals surface area (Å²) in [5.74, 6) is 0. The molecule has 0 aromatic heterocycles. The Bertz CT molecular complexity index is 2110. The van der Waals surface area contributed by atoms with Gasteiger partial charge in [-0.1, -0.05) is 164 Å². The van der Waals surface area contributed by atoms with E-state index < -0.39 is 0 Å². The van der Waals surface area contributed by atoms with Crippen LogP contribution in [0.1, 0.15) is 122 Å². The highest BCUT2D eigenvalue weighted by molar-refractivity contribution is 5.85. The van der Waals surface area contributed by atoms with Gasteiger partial charge in [0.25, 0.3) is 0 Å². The molecule has 0 radical (unpaired) electrons. The van der Waals surface area contributed by atoms with E-state index in [9.17, 15) is 0 Å². The first-order chi connectivity index (χ1) is 27.4. The van der Waals surface area contributed by atoms with Crippen LogP contribution >= 0.6 is 0 Å². The van der Waals surface area contributed by atoms with Crippen molar-refractivity contribution in [2.75, 3.05) is 0 Å². The fourth-order valence-electron chi connectivity index (χ4n) is 9.21. The highest BCUT2D eigenvalue weighted by atomic mass is 14.3. The van der Waals surface area contributed by atoms with Crippen LogP contribution in [0.15, 0.2) is 97.1 Å². The molecule has 0 heteroatoms. The fraction of sp³-hybridized carbons (Fsp3) is 0.357. The molecule has 0 heterocycles. The Morgan fingerprint density at radius 2 is 0.554 bits per heavy atom. The van der Waals surface area contributed by atoms with E-state index in [1.807, 2.05) is 55.4 Å². The van der Waals surface area contributed by atoms with Crippen molar-refractivity contribution in [2.45, 2.75) is 134 Å². The number of hydrogen-bond acceptors (Lipinski definition) is 0. The predicted octanol–water partition coefficient (Wildman–Crippen LogP) is 15.8. The zero-order valence-electron chi connectivity index (χ0n) is 36.9. The maximum Gasteiger partial charge on any atom is -0.0120 e. The highest BCUT2D eigenvalue weighted by Gasteiger charge is 2.25. The summed E-state index contributed by atoms with van der Waals surface area (Å²) in [5.41, 5.74) is 29.6. The smallest absolute Gasteiger partial charge is 0.0120 e. The van der Waals surface area contributed by atoms with Crippen molar-refractivity contribution in [3.8, 4) is 44.5 Å². The number of benzene rings is 6. The molecule has 0 N–H and O–H groups in total. The van der Waals surface area contributed by atoms with Crippen LogP contribution < -0.4 is 0 Å². The van der Waals surface area contributed by atoms with Crippen LogP contribution in [0.2, 0.25) is 0 Å². The SMILES string of the molecule is CC.CC.CC.CC.Cc1ccc2c(c1)-c1cc3c(cc1CC2)-c1cc(C)ccc1CC3.Cc1cccc2c1-c1cc3c(cc1CC2)-c1c(C)cccc1CC3. The van der Waals surface area contributed by atoms with Gasteiger partial charge in [-0.2, -0.15) is 0 Å². The Morgan fingerprint density at radius 3 is 0.929 bits per heavy atom. The van der Waals surface area contributed by atoms with Crippen LogP contribution in [0.3, 0.4) is 0 Å². The van der Waals surface area contributed by atoms with Gasteiger partial charge in [0, 0.05) is 0 Å². The van der Waals surface area contributed by atoms with Crippen LogP contribution in [0.4, 0.5) is 0 Å². The Balaban J connectivity index is 0.000000182. The quantitative estimate of drug-likeness (QED) is 0.145. The summed E-state index contributed by atoms with van der Waals surface area (Å²) in [5, 5.41) is 0. The lowest BCUT2D eigenvalue weighted by atomic mass is 9.77. The molecule has 4 aliphatic carbocycles. The van der Waals surface area contributed by atoms with Gasteiger partial charge in [0.15, 0.2) is 0 Å². The summed E-state index contributed by atoms with van der Waals surface area (Å²) in [6, 6.07) is 37.4. The van der Waals surface area contributed by atoms with E-state index in [1.165, 1.54) is 163 Å². The molecule has 0 atom stereocenters. The Kier molecular flexibility index (Phi) is 14.8. The average molecular weight is 741 g/mol. The Hall–Kier alpha value is -4.68. The minimum atomic E-state index is 1.17. The van der Waals surface area contributed by atoms with Gasteiger partial charge in [-0.15, -0.1) is 0 Å². The normalized spacial score (nSPS) is 12.8. The molecule has 6 aromatic carbocycles. The van der Waals surface area contributed by atoms with Crippen molar-refractivity contribution in [1.29, 1.82) is 0 Å². The zero-order chi connectivity index (χ0) is 40.5. The lowest BCUT2D eigenvalue weighted by Crippen LogP contribution is -2.10. The van der Waals surface area contributed by atoms with E-state index in [2.05, 4.69) is 125 Å². The van der Waals surface area contributed by atoms with E-state index in [0.717, 1.165) is 0 Å². The molecule has 0 nitrogen and oxygen atoms in total. The lowest BCUT2D eigenvalue weighted by Gasteiger charge is -2.28. The van der Waals surface area contributed by atoms with Crippen molar-refractivity contribution in [3.05, 3.63) is 164 Å². The third-order valence-corrected chi connectivity index (χ3v) is 11.7. The molecule has 10 rings (SSSR count). The van der Waals surface area contributed by atoms with E-state index in [0.29, 0.717) is 0 Å². The summed E-state index contributed by atoms with van der Waals surface area (Å²) in [6.07, 6.45) is 9.34. The Morgan fingerprint density at radius 1 is 0.268 bits per heavy atom. The van der Waals surface area contributed by atoms with Gasteiger partial charge in [-0.3, -0.25) is 0 Å². The predicted molar refractivity (Wildman–Crippen MR) is 249 cm³/mol. The summed E-state index contributed by atoms with van der Waals surface area (Å²) in [6.45, 7) is 24.9. The van der Waals surface area contributed by atoms with Gasteiger partial charge < -0.3 is 0 Å². The number of hydrogen-bond donors (Lipinski definition) is 0. The molecule has 0 unspecified atom stereocenters. The van der Waals surface area contributed by atoms with Crippen LogP contribution in [-0.2, 0) is 51.4 Å². The second-order valence-electron chi connectivity index (χ2n) is 14.9. The molecule has 0 spiro atoms. The first-order valence-electron chi connectivity index (χ1n) is 22.1. The van der Waals surface area contributed by atoms with Gasteiger partial charge in [-0.25, -0.2) is 0 Å². The minimum absolute atomic E-state index is 1.17. The number of rotatable bonds is 0. The lowest BCUT2D eigenvalue weighted by molar-refractivity contribution is 0.913. The standard InChI is InChI=1S/2C24H22.4C2H6/c1-15-3-5-17-7-9-19-14-24-20(13-23(19)21(17)11-15)10-8-18-6-4-16(2)12-22(18)24;1-15-5-3-7-17-9-11-19-14-22-20(13-21(19)23(15)17)12-10-18-8-4-6-16(2)24(18)22;4*1-2/h3-6,11-14H,7-10H2,1-2H3;3-8,13-14H,9-12H2,1-2H3;4*1-2H3. The van der Waals surface area contributed by atoms with Crippen molar-refractivity contribution < 1.29 is 0 Å². The summed E-state index contributed by atoms with van der Waals surface area (Å²) in [7, 11) is 0. The van der Waals surface area contributed by atoms with Gasteiger partial charge in [0.05, 0.1) is 0 Å². The van der Waals surface area contributed by atoms with Crippen LogP contribution in [0, 0.1) is 27.7 Å². The van der Waals surface area contributed by atoms with E-state index in [4.69, 9.17) is 0 Å². The van der Waals surface area contributed by atoms with Crippen LogP contribution in [0.5, 0.6) is 0 Å². The van der Waals surface area contributed by atoms with E-state index in [-0.39, 0.29) is 0 Å². The van der Waals surface area contributed by atoms with Gasteiger partial charge >= 0.3 is 0 Å². The largest absolute Gasteiger partial charge is 0.0683 e. The van der Waals surface area contributed by atoms with Gasteiger partial charge in [0.2, 0.25) is 0 Å². The molecule has 0 amide bonds. The molecule has 0 fully saturated rings. The van der Waals surface area contributed by atoms with Crippen molar-refractivity contribution in [3.63, 3.8) is 0 Å². The Labute approximate surface area is 341 Å². The van der Waals surface area contributed by atoms with E-state index >= 15 is 0 Å². The van der Waals surface area contributed by atoms with Crippen LogP contribution in [0.25, 0.3) is 44.5 Å². The second kappa shape index (κ2) is 19.5. The average Bonchev–Trinajstić information content (AvgIpc) is 3.25. The van der Waals surface area contributed by atoms with Crippen molar-refractivity contribution in [2.24, 2.45) is 0 Å². The molecule has 6 aromatic rings. The third-order valence-electron chi connectivity index (χ3n) is 11.7. The van der Waals surface area contributed by atoms with E-state index in [1.54, 1.807) is 0 Å². The third kappa shape index (κ3) is 8.37. The monoisotopic (exact) mass is 741 g/mol. The fourth-order valence-corrected chi connectivity index (χ4v) is 9.21. The van der Waals surface area contributed by atoms with Crippen molar-refractivity contribution in [1.82, 2.24) is 0 Å². The summed E-state index contributed by atoms with van der Waals surface area (Å²) >= 11 is 0. The molecular weight excluding hydrogens is 673 g/mol. The molecule has 0 saturated carbocycles. The molecule has 4 aliphatic rings. The molecular formula is C56H68. The molecule has 0 bridgehead atoms. The highest BCUT2D eigenvalue weighted by Crippen LogP contribution is 2.44.